The molecule has 0 saturated heterocycles. The number of halogens is 1. The molecule has 0 bridgehead atoms. The zero-order chi connectivity index (χ0) is 18.1. The molecular formula is C20H15ClN2O3. The van der Waals surface area contributed by atoms with Crippen LogP contribution in [-0.4, -0.2) is 18.4 Å². The van der Waals surface area contributed by atoms with Crippen LogP contribution >= 0.6 is 11.6 Å². The van der Waals surface area contributed by atoms with Gasteiger partial charge in [-0.3, -0.25) is 9.59 Å². The molecule has 1 N–H and O–H groups in total. The van der Waals surface area contributed by atoms with Crippen molar-refractivity contribution in [3.05, 3.63) is 82.8 Å². The fourth-order valence-corrected chi connectivity index (χ4v) is 3.15. The van der Waals surface area contributed by atoms with Gasteiger partial charge in [0.25, 0.3) is 11.8 Å². The van der Waals surface area contributed by atoms with Crippen LogP contribution in [-0.2, 0) is 6.42 Å². The quantitative estimate of drug-likeness (QED) is 0.747. The summed E-state index contributed by atoms with van der Waals surface area (Å²) in [7, 11) is 0. The Morgan fingerprint density at radius 3 is 2.62 bits per heavy atom. The maximum atomic E-state index is 12.5. The minimum absolute atomic E-state index is 0.160. The molecule has 4 rings (SSSR count). The van der Waals surface area contributed by atoms with E-state index >= 15 is 0 Å². The number of rotatable bonds is 3. The van der Waals surface area contributed by atoms with Crippen LogP contribution in [0.25, 0.3) is 0 Å². The van der Waals surface area contributed by atoms with Gasteiger partial charge in [0.2, 0.25) is 0 Å². The van der Waals surface area contributed by atoms with E-state index in [0.29, 0.717) is 28.6 Å². The first-order chi connectivity index (χ1) is 12.6. The van der Waals surface area contributed by atoms with Gasteiger partial charge in [0.1, 0.15) is 0 Å². The number of nitrogens with zero attached hydrogens (tertiary/aromatic N) is 1. The topological polar surface area (TPSA) is 62.6 Å². The van der Waals surface area contributed by atoms with Gasteiger partial charge >= 0.3 is 0 Å². The van der Waals surface area contributed by atoms with Crippen molar-refractivity contribution in [2.75, 3.05) is 16.8 Å². The molecule has 0 aliphatic carbocycles. The fourth-order valence-electron chi connectivity index (χ4n) is 3.03. The number of fused-ring (bicyclic) bond motifs is 1. The van der Waals surface area contributed by atoms with Gasteiger partial charge in [-0.2, -0.15) is 0 Å². The number of hydrogen-bond donors (Lipinski definition) is 1. The lowest BCUT2D eigenvalue weighted by Gasteiger charge is -2.16. The van der Waals surface area contributed by atoms with Crippen LogP contribution in [0.5, 0.6) is 0 Å². The van der Waals surface area contributed by atoms with Gasteiger partial charge in [-0.1, -0.05) is 11.6 Å². The number of carbonyl (C=O) groups excluding carboxylic acids is 2. The van der Waals surface area contributed by atoms with Gasteiger partial charge in [-0.15, -0.1) is 0 Å². The van der Waals surface area contributed by atoms with Crippen LogP contribution in [0, 0.1) is 0 Å². The Morgan fingerprint density at radius 1 is 1.08 bits per heavy atom. The minimum atomic E-state index is -0.205. The molecule has 0 saturated carbocycles. The summed E-state index contributed by atoms with van der Waals surface area (Å²) in [5.41, 5.74) is 3.08. The van der Waals surface area contributed by atoms with Gasteiger partial charge in [-0.25, -0.2) is 0 Å². The second kappa shape index (κ2) is 6.69. The molecule has 3 aromatic rings. The van der Waals surface area contributed by atoms with E-state index in [2.05, 4.69) is 5.32 Å². The van der Waals surface area contributed by atoms with Crippen molar-refractivity contribution in [3.63, 3.8) is 0 Å². The van der Waals surface area contributed by atoms with Crippen molar-refractivity contribution in [2.24, 2.45) is 0 Å². The lowest BCUT2D eigenvalue weighted by atomic mass is 10.1. The fraction of sp³-hybridized carbons (Fsp3) is 0.100. The summed E-state index contributed by atoms with van der Waals surface area (Å²) in [6.45, 7) is 0.587. The second-order valence-electron chi connectivity index (χ2n) is 5.99. The molecule has 1 aliphatic rings. The van der Waals surface area contributed by atoms with Crippen molar-refractivity contribution in [1.82, 2.24) is 0 Å². The SMILES string of the molecule is O=C(Nc1ccc2c(c1)CCN2C(=O)c1ccco1)c1ccc(Cl)cc1. The van der Waals surface area contributed by atoms with Crippen LogP contribution in [0.4, 0.5) is 11.4 Å². The molecule has 1 aromatic heterocycles. The molecule has 2 aromatic carbocycles. The average Bonchev–Trinajstić information content (AvgIpc) is 3.31. The third-order valence-electron chi connectivity index (χ3n) is 4.32. The first-order valence-corrected chi connectivity index (χ1v) is 8.55. The molecule has 5 nitrogen and oxygen atoms in total. The van der Waals surface area contributed by atoms with E-state index in [4.69, 9.17) is 16.0 Å². The van der Waals surface area contributed by atoms with Crippen LogP contribution < -0.4 is 10.2 Å². The summed E-state index contributed by atoms with van der Waals surface area (Å²) in [6.07, 6.45) is 2.21. The summed E-state index contributed by atoms with van der Waals surface area (Å²) in [5.74, 6) is -0.0483. The van der Waals surface area contributed by atoms with Crippen molar-refractivity contribution < 1.29 is 14.0 Å². The summed E-state index contributed by atoms with van der Waals surface area (Å²) in [5, 5.41) is 3.46. The predicted octanol–water partition coefficient (Wildman–Crippen LogP) is 4.39. The normalized spacial score (nSPS) is 12.7. The number of carbonyl (C=O) groups is 2. The highest BCUT2D eigenvalue weighted by molar-refractivity contribution is 6.30. The maximum absolute atomic E-state index is 12.5. The molecule has 0 radical (unpaired) electrons. The molecule has 0 atom stereocenters. The molecule has 2 amide bonds. The van der Waals surface area contributed by atoms with Crippen molar-refractivity contribution >= 4 is 34.8 Å². The highest BCUT2D eigenvalue weighted by atomic mass is 35.5. The second-order valence-corrected chi connectivity index (χ2v) is 6.43. The van der Waals surface area contributed by atoms with E-state index in [9.17, 15) is 9.59 Å². The Hall–Kier alpha value is -3.05. The van der Waals surface area contributed by atoms with Crippen LogP contribution in [0.1, 0.15) is 26.5 Å². The number of furan rings is 1. The molecule has 26 heavy (non-hydrogen) atoms. The zero-order valence-electron chi connectivity index (χ0n) is 13.7. The van der Waals surface area contributed by atoms with Gasteiger partial charge in [0.05, 0.1) is 6.26 Å². The Morgan fingerprint density at radius 2 is 1.88 bits per heavy atom. The molecule has 0 spiro atoms. The van der Waals surface area contributed by atoms with Crippen LogP contribution in [0.3, 0.4) is 0 Å². The summed E-state index contributed by atoms with van der Waals surface area (Å²) >= 11 is 5.85. The summed E-state index contributed by atoms with van der Waals surface area (Å²) in [6, 6.07) is 15.6. The zero-order valence-corrected chi connectivity index (χ0v) is 14.5. The van der Waals surface area contributed by atoms with E-state index in [1.165, 1.54) is 6.26 Å². The molecule has 6 heteroatoms. The Balaban J connectivity index is 1.52. The van der Waals surface area contributed by atoms with Crippen LogP contribution in [0.15, 0.2) is 65.3 Å². The minimum Gasteiger partial charge on any atom is -0.459 e. The van der Waals surface area contributed by atoms with Gasteiger partial charge < -0.3 is 14.6 Å². The third kappa shape index (κ3) is 3.09. The highest BCUT2D eigenvalue weighted by Gasteiger charge is 2.27. The van der Waals surface area contributed by atoms with Crippen molar-refractivity contribution in [1.29, 1.82) is 0 Å². The predicted molar refractivity (Wildman–Crippen MR) is 99.9 cm³/mol. The lowest BCUT2D eigenvalue weighted by Crippen LogP contribution is -2.28. The number of hydrogen-bond acceptors (Lipinski definition) is 3. The molecule has 1 aliphatic heterocycles. The van der Waals surface area contributed by atoms with E-state index in [1.54, 1.807) is 47.4 Å². The van der Waals surface area contributed by atoms with Gasteiger partial charge in [0, 0.05) is 28.5 Å². The number of benzene rings is 2. The first kappa shape index (κ1) is 16.4. The number of amides is 2. The van der Waals surface area contributed by atoms with Crippen molar-refractivity contribution in [2.45, 2.75) is 6.42 Å². The van der Waals surface area contributed by atoms with Gasteiger partial charge in [0.15, 0.2) is 5.76 Å². The molecule has 0 fully saturated rings. The number of anilines is 2. The Kier molecular flexibility index (Phi) is 4.22. The molecule has 2 heterocycles. The van der Waals surface area contributed by atoms with Gasteiger partial charge in [-0.05, 0) is 66.6 Å². The monoisotopic (exact) mass is 366 g/mol. The van der Waals surface area contributed by atoms with E-state index in [-0.39, 0.29) is 11.8 Å². The Labute approximate surface area is 155 Å². The smallest absolute Gasteiger partial charge is 0.293 e. The Bertz CT molecular complexity index is 965. The molecule has 0 unspecified atom stereocenters. The van der Waals surface area contributed by atoms with Crippen LogP contribution in [0.2, 0.25) is 5.02 Å². The van der Waals surface area contributed by atoms with E-state index in [0.717, 1.165) is 17.7 Å². The highest BCUT2D eigenvalue weighted by Crippen LogP contribution is 2.31. The standard InChI is InChI=1S/C20H15ClN2O3/c21-15-5-3-13(4-6-15)19(24)22-16-7-8-17-14(12-16)9-10-23(17)20(25)18-2-1-11-26-18/h1-8,11-12H,9-10H2,(H,22,24). The van der Waals surface area contributed by atoms with E-state index < -0.39 is 0 Å². The third-order valence-corrected chi connectivity index (χ3v) is 4.57. The molecule has 130 valence electrons. The largest absolute Gasteiger partial charge is 0.459 e. The average molecular weight is 367 g/mol. The molecular weight excluding hydrogens is 352 g/mol. The number of nitrogens with one attached hydrogen (secondary N) is 1. The van der Waals surface area contributed by atoms with Crippen molar-refractivity contribution in [3.8, 4) is 0 Å². The summed E-state index contributed by atoms with van der Waals surface area (Å²) in [4.78, 5) is 26.5. The summed E-state index contributed by atoms with van der Waals surface area (Å²) < 4.78 is 5.20. The first-order valence-electron chi connectivity index (χ1n) is 8.17. The lowest BCUT2D eigenvalue weighted by molar-refractivity contribution is 0.0962. The van der Waals surface area contributed by atoms with E-state index in [1.807, 2.05) is 12.1 Å². The maximum Gasteiger partial charge on any atom is 0.293 e.